The molecule has 0 unspecified atom stereocenters. The van der Waals surface area contributed by atoms with Gasteiger partial charge in [-0.15, -0.1) is 0 Å². The van der Waals surface area contributed by atoms with E-state index >= 15 is 0 Å². The van der Waals surface area contributed by atoms with E-state index in [1.165, 1.54) is 0 Å². The van der Waals surface area contributed by atoms with Crippen LogP contribution in [-0.2, 0) is 0 Å². The first kappa shape index (κ1) is 13.0. The van der Waals surface area contributed by atoms with E-state index in [1.54, 1.807) is 24.5 Å². The highest BCUT2D eigenvalue weighted by Crippen LogP contribution is 2.08. The van der Waals surface area contributed by atoms with Crippen LogP contribution in [0.2, 0.25) is 0 Å². The van der Waals surface area contributed by atoms with Crippen LogP contribution < -0.4 is 0 Å². The highest BCUT2D eigenvalue weighted by Gasteiger charge is 2.19. The number of rotatable bonds is 3. The molecule has 0 aliphatic carbocycles. The molecule has 2 rings (SSSR count). The summed E-state index contributed by atoms with van der Waals surface area (Å²) < 4.78 is 0. The van der Waals surface area contributed by atoms with E-state index in [2.05, 4.69) is 9.88 Å². The Balaban J connectivity index is 1.96. The van der Waals surface area contributed by atoms with Gasteiger partial charge < -0.3 is 10.0 Å². The first-order valence-electron chi connectivity index (χ1n) is 6.34. The number of aromatic nitrogens is 1. The van der Waals surface area contributed by atoms with Crippen LogP contribution in [-0.4, -0.2) is 65.1 Å². The predicted octanol–water partition coefficient (Wildman–Crippen LogP) is 0.222. The molecule has 2 heterocycles. The lowest BCUT2D eigenvalue weighted by molar-refractivity contribution is 0.0760. The molecule has 0 atom stereocenters. The van der Waals surface area contributed by atoms with E-state index < -0.39 is 0 Å². The van der Waals surface area contributed by atoms with Gasteiger partial charge in [0.1, 0.15) is 0 Å². The number of hydrogen-bond donors (Lipinski definition) is 1. The molecule has 18 heavy (non-hydrogen) atoms. The van der Waals surface area contributed by atoms with Gasteiger partial charge in [-0.05, 0) is 25.1 Å². The van der Waals surface area contributed by atoms with Gasteiger partial charge in [0.25, 0.3) is 5.91 Å². The quantitative estimate of drug-likeness (QED) is 0.832. The Kier molecular flexibility index (Phi) is 4.66. The lowest BCUT2D eigenvalue weighted by Crippen LogP contribution is -2.35. The van der Waals surface area contributed by atoms with Gasteiger partial charge in [-0.25, -0.2) is 0 Å². The third kappa shape index (κ3) is 3.27. The Bertz CT molecular complexity index is 383. The van der Waals surface area contributed by atoms with Crippen molar-refractivity contribution in [2.75, 3.05) is 39.3 Å². The number of carbonyl (C=O) groups is 1. The van der Waals surface area contributed by atoms with Crippen molar-refractivity contribution in [3.63, 3.8) is 0 Å². The van der Waals surface area contributed by atoms with Crippen LogP contribution in [0.3, 0.4) is 0 Å². The SMILES string of the molecule is O=C(c1cccnc1)N1CCCN(CCO)CC1. The summed E-state index contributed by atoms with van der Waals surface area (Å²) in [6.07, 6.45) is 4.23. The van der Waals surface area contributed by atoms with Gasteiger partial charge in [0.15, 0.2) is 0 Å². The summed E-state index contributed by atoms with van der Waals surface area (Å²) in [6.45, 7) is 4.12. The van der Waals surface area contributed by atoms with Crippen molar-refractivity contribution < 1.29 is 9.90 Å². The Morgan fingerprint density at radius 3 is 2.94 bits per heavy atom. The van der Waals surface area contributed by atoms with Crippen molar-refractivity contribution in [2.24, 2.45) is 0 Å². The van der Waals surface area contributed by atoms with E-state index in [0.717, 1.165) is 26.1 Å². The average molecular weight is 249 g/mol. The number of nitrogens with zero attached hydrogens (tertiary/aromatic N) is 3. The maximum absolute atomic E-state index is 12.2. The third-order valence-electron chi connectivity index (χ3n) is 3.20. The Morgan fingerprint density at radius 1 is 1.33 bits per heavy atom. The minimum Gasteiger partial charge on any atom is -0.395 e. The van der Waals surface area contributed by atoms with Crippen molar-refractivity contribution in [3.8, 4) is 0 Å². The second-order valence-corrected chi connectivity index (χ2v) is 4.45. The van der Waals surface area contributed by atoms with Crippen LogP contribution in [0.1, 0.15) is 16.8 Å². The molecule has 0 bridgehead atoms. The van der Waals surface area contributed by atoms with Crippen molar-refractivity contribution in [1.29, 1.82) is 0 Å². The van der Waals surface area contributed by atoms with E-state index in [0.29, 0.717) is 18.7 Å². The third-order valence-corrected chi connectivity index (χ3v) is 3.20. The first-order valence-corrected chi connectivity index (χ1v) is 6.34. The molecule has 0 aromatic carbocycles. The van der Waals surface area contributed by atoms with E-state index in [1.807, 2.05) is 4.90 Å². The van der Waals surface area contributed by atoms with Crippen LogP contribution in [0.5, 0.6) is 0 Å². The molecule has 1 aliphatic rings. The number of carbonyl (C=O) groups excluding carboxylic acids is 1. The highest BCUT2D eigenvalue weighted by molar-refractivity contribution is 5.93. The monoisotopic (exact) mass is 249 g/mol. The Hall–Kier alpha value is -1.46. The topological polar surface area (TPSA) is 56.7 Å². The predicted molar refractivity (Wildman–Crippen MR) is 68.3 cm³/mol. The molecule has 0 saturated carbocycles. The van der Waals surface area contributed by atoms with Gasteiger partial charge in [0.2, 0.25) is 0 Å². The fourth-order valence-electron chi connectivity index (χ4n) is 2.21. The van der Waals surface area contributed by atoms with Crippen molar-refractivity contribution in [1.82, 2.24) is 14.8 Å². The summed E-state index contributed by atoms with van der Waals surface area (Å²) in [7, 11) is 0. The highest BCUT2D eigenvalue weighted by atomic mass is 16.3. The minimum absolute atomic E-state index is 0.0500. The summed E-state index contributed by atoms with van der Waals surface area (Å²) in [6, 6.07) is 3.58. The van der Waals surface area contributed by atoms with Gasteiger partial charge in [0, 0.05) is 38.6 Å². The number of β-amino-alcohol motifs (C(OH)–C–C–N with tert-alkyl or cyclic N) is 1. The molecule has 1 aliphatic heterocycles. The number of hydrogen-bond acceptors (Lipinski definition) is 4. The summed E-state index contributed by atoms with van der Waals surface area (Å²) in [5.74, 6) is 0.0500. The zero-order valence-electron chi connectivity index (χ0n) is 10.5. The normalized spacial score (nSPS) is 17.5. The molecule has 1 aromatic heterocycles. The number of aliphatic hydroxyl groups excluding tert-OH is 1. The zero-order valence-corrected chi connectivity index (χ0v) is 10.5. The van der Waals surface area contributed by atoms with Crippen LogP contribution >= 0.6 is 0 Å². The van der Waals surface area contributed by atoms with Gasteiger partial charge in [-0.1, -0.05) is 0 Å². The second-order valence-electron chi connectivity index (χ2n) is 4.45. The molecule has 1 amide bonds. The fraction of sp³-hybridized carbons (Fsp3) is 0.538. The summed E-state index contributed by atoms with van der Waals surface area (Å²) >= 11 is 0. The molecular weight excluding hydrogens is 230 g/mol. The van der Waals surface area contributed by atoms with Crippen molar-refractivity contribution >= 4 is 5.91 Å². The average Bonchev–Trinajstić information content (AvgIpc) is 2.65. The molecule has 0 spiro atoms. The lowest BCUT2D eigenvalue weighted by Gasteiger charge is -2.21. The van der Waals surface area contributed by atoms with E-state index in [4.69, 9.17) is 5.11 Å². The summed E-state index contributed by atoms with van der Waals surface area (Å²) in [4.78, 5) is 20.3. The second kappa shape index (κ2) is 6.47. The Labute approximate surface area is 107 Å². The first-order chi connectivity index (χ1) is 8.81. The number of pyridine rings is 1. The van der Waals surface area contributed by atoms with E-state index in [9.17, 15) is 4.79 Å². The molecule has 1 fully saturated rings. The lowest BCUT2D eigenvalue weighted by atomic mass is 10.2. The van der Waals surface area contributed by atoms with Gasteiger partial charge in [-0.2, -0.15) is 0 Å². The molecule has 1 aromatic rings. The van der Waals surface area contributed by atoms with Crippen LogP contribution in [0.4, 0.5) is 0 Å². The number of aliphatic hydroxyl groups is 1. The van der Waals surface area contributed by atoms with Crippen LogP contribution in [0.25, 0.3) is 0 Å². The fourth-order valence-corrected chi connectivity index (χ4v) is 2.21. The van der Waals surface area contributed by atoms with E-state index in [-0.39, 0.29) is 12.5 Å². The number of amides is 1. The van der Waals surface area contributed by atoms with Crippen molar-refractivity contribution in [3.05, 3.63) is 30.1 Å². The van der Waals surface area contributed by atoms with Gasteiger partial charge in [0.05, 0.1) is 12.2 Å². The molecule has 0 radical (unpaired) electrons. The van der Waals surface area contributed by atoms with Crippen molar-refractivity contribution in [2.45, 2.75) is 6.42 Å². The summed E-state index contributed by atoms with van der Waals surface area (Å²) in [5.41, 5.74) is 0.646. The largest absolute Gasteiger partial charge is 0.395 e. The van der Waals surface area contributed by atoms with Crippen LogP contribution in [0, 0.1) is 0 Å². The van der Waals surface area contributed by atoms with Gasteiger partial charge >= 0.3 is 0 Å². The molecule has 1 saturated heterocycles. The Morgan fingerprint density at radius 2 is 2.22 bits per heavy atom. The molecule has 1 N–H and O–H groups in total. The molecule has 5 heteroatoms. The molecular formula is C13H19N3O2. The van der Waals surface area contributed by atoms with Gasteiger partial charge in [-0.3, -0.25) is 14.7 Å². The minimum atomic E-state index is 0.0500. The summed E-state index contributed by atoms with van der Waals surface area (Å²) in [5, 5.41) is 8.93. The maximum atomic E-state index is 12.2. The molecule has 98 valence electrons. The zero-order chi connectivity index (χ0) is 12.8. The van der Waals surface area contributed by atoms with Crippen LogP contribution in [0.15, 0.2) is 24.5 Å². The standard InChI is InChI=1S/C13H19N3O2/c17-10-9-15-5-2-6-16(8-7-15)13(18)12-3-1-4-14-11-12/h1,3-4,11,17H,2,5-10H2. The maximum Gasteiger partial charge on any atom is 0.255 e. The smallest absolute Gasteiger partial charge is 0.255 e. The molecule has 5 nitrogen and oxygen atoms in total.